The third-order valence-corrected chi connectivity index (χ3v) is 4.09. The molecule has 20 heavy (non-hydrogen) atoms. The van der Waals surface area contributed by atoms with E-state index >= 15 is 0 Å². The first-order valence-corrected chi connectivity index (χ1v) is 8.13. The Bertz CT molecular complexity index is 407. The van der Waals surface area contributed by atoms with Crippen LogP contribution in [0.2, 0.25) is 0 Å². The largest absolute Gasteiger partial charge is 0.465 e. The van der Waals surface area contributed by atoms with Gasteiger partial charge in [-0.2, -0.15) is 0 Å². The summed E-state index contributed by atoms with van der Waals surface area (Å²) in [5.41, 5.74) is 1.35. The maximum absolute atomic E-state index is 5.87. The van der Waals surface area contributed by atoms with E-state index in [4.69, 9.17) is 4.42 Å². The lowest BCUT2D eigenvalue weighted by atomic mass is 10.2. The zero-order chi connectivity index (χ0) is 14.5. The van der Waals surface area contributed by atoms with Crippen LogP contribution >= 0.6 is 0 Å². The van der Waals surface area contributed by atoms with E-state index < -0.39 is 0 Å². The van der Waals surface area contributed by atoms with Gasteiger partial charge in [0, 0.05) is 24.7 Å². The van der Waals surface area contributed by atoms with Gasteiger partial charge in [-0.25, -0.2) is 0 Å². The molecule has 0 aliphatic heterocycles. The van der Waals surface area contributed by atoms with Crippen molar-refractivity contribution < 1.29 is 4.42 Å². The molecule has 114 valence electrons. The second kappa shape index (κ2) is 7.28. The third-order valence-electron chi connectivity index (χ3n) is 4.09. The standard InChI is InChI=1S/C17H30N2O/c1-5-8-18-10-17-9-16(14(4)20-17)12-19(13(2)3)11-15-6-7-15/h9,13,15,18H,5-8,10-12H2,1-4H3. The van der Waals surface area contributed by atoms with Gasteiger partial charge in [0.25, 0.3) is 0 Å². The fraction of sp³-hybridized carbons (Fsp3) is 0.765. The monoisotopic (exact) mass is 278 g/mol. The number of rotatable bonds is 9. The molecule has 1 aromatic rings. The zero-order valence-electron chi connectivity index (χ0n) is 13.5. The highest BCUT2D eigenvalue weighted by atomic mass is 16.3. The normalized spacial score (nSPS) is 15.5. The molecule has 0 spiro atoms. The summed E-state index contributed by atoms with van der Waals surface area (Å²) in [7, 11) is 0. The quantitative estimate of drug-likeness (QED) is 0.698. The van der Waals surface area contributed by atoms with Crippen molar-refractivity contribution in [2.75, 3.05) is 13.1 Å². The highest BCUT2D eigenvalue weighted by molar-refractivity contribution is 5.21. The lowest BCUT2D eigenvalue weighted by Gasteiger charge is -2.26. The van der Waals surface area contributed by atoms with Crippen molar-refractivity contribution in [3.8, 4) is 0 Å². The van der Waals surface area contributed by atoms with Crippen LogP contribution in [0.5, 0.6) is 0 Å². The lowest BCUT2D eigenvalue weighted by Crippen LogP contribution is -2.32. The Hall–Kier alpha value is -0.800. The summed E-state index contributed by atoms with van der Waals surface area (Å²) >= 11 is 0. The van der Waals surface area contributed by atoms with Crippen molar-refractivity contribution in [3.63, 3.8) is 0 Å². The maximum atomic E-state index is 5.87. The number of furan rings is 1. The lowest BCUT2D eigenvalue weighted by molar-refractivity contribution is 0.202. The molecular formula is C17H30N2O. The molecule has 1 saturated carbocycles. The van der Waals surface area contributed by atoms with Crippen molar-refractivity contribution in [1.82, 2.24) is 10.2 Å². The molecule has 2 rings (SSSR count). The van der Waals surface area contributed by atoms with Gasteiger partial charge in [0.15, 0.2) is 0 Å². The smallest absolute Gasteiger partial charge is 0.118 e. The number of nitrogens with one attached hydrogen (secondary N) is 1. The Morgan fingerprint density at radius 2 is 2.15 bits per heavy atom. The van der Waals surface area contributed by atoms with Crippen LogP contribution in [0, 0.1) is 12.8 Å². The molecular weight excluding hydrogens is 248 g/mol. The molecule has 0 atom stereocenters. The average Bonchev–Trinajstić information content (AvgIpc) is 3.14. The van der Waals surface area contributed by atoms with E-state index in [0.29, 0.717) is 6.04 Å². The van der Waals surface area contributed by atoms with Crippen LogP contribution in [-0.4, -0.2) is 24.0 Å². The van der Waals surface area contributed by atoms with Crippen molar-refractivity contribution in [3.05, 3.63) is 23.2 Å². The number of hydrogen-bond donors (Lipinski definition) is 1. The van der Waals surface area contributed by atoms with E-state index in [1.165, 1.54) is 24.9 Å². The van der Waals surface area contributed by atoms with Gasteiger partial charge < -0.3 is 9.73 Å². The van der Waals surface area contributed by atoms with Gasteiger partial charge >= 0.3 is 0 Å². The molecule has 1 N–H and O–H groups in total. The molecule has 0 unspecified atom stereocenters. The second-order valence-electron chi connectivity index (χ2n) is 6.44. The molecule has 0 radical (unpaired) electrons. The fourth-order valence-electron chi connectivity index (χ4n) is 2.53. The molecule has 1 aliphatic carbocycles. The highest BCUT2D eigenvalue weighted by Crippen LogP contribution is 2.31. The van der Waals surface area contributed by atoms with Crippen molar-refractivity contribution in [1.29, 1.82) is 0 Å². The van der Waals surface area contributed by atoms with Crippen LogP contribution in [0.3, 0.4) is 0 Å². The molecule has 0 amide bonds. The van der Waals surface area contributed by atoms with Crippen LogP contribution < -0.4 is 5.32 Å². The molecule has 0 aromatic carbocycles. The second-order valence-corrected chi connectivity index (χ2v) is 6.44. The van der Waals surface area contributed by atoms with E-state index in [2.05, 4.69) is 44.0 Å². The number of aryl methyl sites for hydroxylation is 1. The Morgan fingerprint density at radius 1 is 1.40 bits per heavy atom. The molecule has 0 bridgehead atoms. The van der Waals surface area contributed by atoms with E-state index in [9.17, 15) is 0 Å². The van der Waals surface area contributed by atoms with Gasteiger partial charge in [-0.15, -0.1) is 0 Å². The van der Waals surface area contributed by atoms with Gasteiger partial charge in [-0.3, -0.25) is 4.90 Å². The summed E-state index contributed by atoms with van der Waals surface area (Å²) in [6.07, 6.45) is 3.99. The molecule has 1 heterocycles. The summed E-state index contributed by atoms with van der Waals surface area (Å²) < 4.78 is 5.87. The van der Waals surface area contributed by atoms with Gasteiger partial charge in [-0.1, -0.05) is 6.92 Å². The fourth-order valence-corrected chi connectivity index (χ4v) is 2.53. The van der Waals surface area contributed by atoms with E-state index in [0.717, 1.165) is 43.5 Å². The molecule has 1 aromatic heterocycles. The first kappa shape index (κ1) is 15.6. The van der Waals surface area contributed by atoms with E-state index in [1.54, 1.807) is 0 Å². The Labute approximate surface area is 123 Å². The average molecular weight is 278 g/mol. The SMILES string of the molecule is CCCNCc1cc(CN(CC2CC2)C(C)C)c(C)o1. The Balaban J connectivity index is 1.92. The van der Waals surface area contributed by atoms with Crippen LogP contribution in [0.1, 0.15) is 57.1 Å². The van der Waals surface area contributed by atoms with Crippen LogP contribution in [-0.2, 0) is 13.1 Å². The van der Waals surface area contributed by atoms with Crippen molar-refractivity contribution in [2.24, 2.45) is 5.92 Å². The Kier molecular flexibility index (Phi) is 5.67. The van der Waals surface area contributed by atoms with E-state index in [-0.39, 0.29) is 0 Å². The first-order valence-electron chi connectivity index (χ1n) is 8.13. The predicted octanol–water partition coefficient (Wildman–Crippen LogP) is 3.71. The van der Waals surface area contributed by atoms with Crippen LogP contribution in [0.25, 0.3) is 0 Å². The summed E-state index contributed by atoms with van der Waals surface area (Å²) in [6.45, 7) is 13.0. The predicted molar refractivity (Wildman–Crippen MR) is 83.7 cm³/mol. The minimum atomic E-state index is 0.603. The van der Waals surface area contributed by atoms with E-state index in [1.807, 2.05) is 0 Å². The van der Waals surface area contributed by atoms with Gasteiger partial charge in [0.1, 0.15) is 11.5 Å². The molecule has 1 fully saturated rings. The van der Waals surface area contributed by atoms with Gasteiger partial charge in [-0.05, 0) is 58.6 Å². The van der Waals surface area contributed by atoms with Gasteiger partial charge in [0.2, 0.25) is 0 Å². The molecule has 0 saturated heterocycles. The molecule has 3 nitrogen and oxygen atoms in total. The third kappa shape index (κ3) is 4.64. The zero-order valence-corrected chi connectivity index (χ0v) is 13.5. The number of nitrogens with zero attached hydrogens (tertiary/aromatic N) is 1. The minimum absolute atomic E-state index is 0.603. The molecule has 3 heteroatoms. The topological polar surface area (TPSA) is 28.4 Å². The molecule has 1 aliphatic rings. The Morgan fingerprint density at radius 3 is 2.75 bits per heavy atom. The minimum Gasteiger partial charge on any atom is -0.465 e. The van der Waals surface area contributed by atoms with Gasteiger partial charge in [0.05, 0.1) is 6.54 Å². The maximum Gasteiger partial charge on any atom is 0.118 e. The summed E-state index contributed by atoms with van der Waals surface area (Å²) in [4.78, 5) is 2.58. The van der Waals surface area contributed by atoms with Crippen LogP contribution in [0.4, 0.5) is 0 Å². The summed E-state index contributed by atoms with van der Waals surface area (Å²) in [5.74, 6) is 3.09. The summed E-state index contributed by atoms with van der Waals surface area (Å²) in [5, 5.41) is 3.40. The van der Waals surface area contributed by atoms with Crippen LogP contribution in [0.15, 0.2) is 10.5 Å². The van der Waals surface area contributed by atoms with Crippen molar-refractivity contribution in [2.45, 2.75) is 66.1 Å². The highest BCUT2D eigenvalue weighted by Gasteiger charge is 2.26. The summed E-state index contributed by atoms with van der Waals surface area (Å²) in [6, 6.07) is 2.84. The van der Waals surface area contributed by atoms with Crippen molar-refractivity contribution >= 4 is 0 Å². The number of hydrogen-bond acceptors (Lipinski definition) is 3. The first-order chi connectivity index (χ1) is 9.60.